The molecule has 2 rings (SSSR count). The Morgan fingerprint density at radius 2 is 1.78 bits per heavy atom. The van der Waals surface area contributed by atoms with Crippen molar-refractivity contribution in [2.75, 3.05) is 6.61 Å². The lowest BCUT2D eigenvalue weighted by Gasteiger charge is -2.36. The summed E-state index contributed by atoms with van der Waals surface area (Å²) in [6.45, 7) is 21.0. The quantitative estimate of drug-likeness (QED) is 0.283. The van der Waals surface area contributed by atoms with Crippen LogP contribution in [0.15, 0.2) is 10.3 Å². The summed E-state index contributed by atoms with van der Waals surface area (Å²) in [4.78, 5) is 17.6. The summed E-state index contributed by atoms with van der Waals surface area (Å²) in [5, 5.41) is 20.1. The average molecular weight is 626 g/mol. The van der Waals surface area contributed by atoms with Crippen molar-refractivity contribution >= 4 is 35.6 Å². The van der Waals surface area contributed by atoms with E-state index in [9.17, 15) is 23.6 Å². The minimum Gasteiger partial charge on any atom is -0.416 e. The van der Waals surface area contributed by atoms with Gasteiger partial charge in [-0.25, -0.2) is 22.5 Å². The lowest BCUT2D eigenvalue weighted by molar-refractivity contribution is -0.118. The first-order chi connectivity index (χ1) is 18.5. The van der Waals surface area contributed by atoms with E-state index in [0.29, 0.717) is 11.1 Å². The molecular formula is C29H44FN3O5S2Si. The zero-order valence-electron chi connectivity index (χ0n) is 26.0. The molecule has 0 radical (unpaired) electrons. The second-order valence-corrected chi connectivity index (χ2v) is 20.7. The molecular weight excluding hydrogens is 582 g/mol. The smallest absolute Gasteiger partial charge is 0.275 e. The Kier molecular flexibility index (Phi) is 10.8. The third-order valence-corrected chi connectivity index (χ3v) is 15.3. The Morgan fingerprint density at radius 1 is 1.20 bits per heavy atom. The molecule has 2 aromatic rings. The Bertz CT molecular complexity index is 1430. The normalized spacial score (nSPS) is 13.1. The number of carbonyl (C=O) groups excluding carboxylic acids is 1. The van der Waals surface area contributed by atoms with Crippen LogP contribution in [0, 0.1) is 17.1 Å². The van der Waals surface area contributed by atoms with E-state index in [1.165, 1.54) is 19.9 Å². The SMILES string of the molecule is CC(C)c1cc(C#N)c(F)c(C(C)C)c1CC(=O)NS(=O)(=O)c1sc(C(C)(C)O)nc1CCO[Si](C)(C)C(C)(C)C. The number of rotatable bonds is 11. The van der Waals surface area contributed by atoms with Crippen LogP contribution in [0.4, 0.5) is 4.39 Å². The number of nitrogens with one attached hydrogen (secondary N) is 1. The predicted molar refractivity (Wildman–Crippen MR) is 163 cm³/mol. The number of aliphatic hydroxyl groups is 1. The molecule has 1 aromatic heterocycles. The predicted octanol–water partition coefficient (Wildman–Crippen LogP) is 6.24. The molecule has 228 valence electrons. The van der Waals surface area contributed by atoms with Gasteiger partial charge in [0.15, 0.2) is 12.5 Å². The van der Waals surface area contributed by atoms with E-state index < -0.39 is 35.7 Å². The molecule has 0 saturated heterocycles. The number of aromatic nitrogens is 1. The molecule has 12 heteroatoms. The van der Waals surface area contributed by atoms with E-state index >= 15 is 4.39 Å². The van der Waals surface area contributed by atoms with Gasteiger partial charge in [-0.05, 0) is 66.6 Å². The number of amides is 1. The first kappa shape index (κ1) is 35.0. The van der Waals surface area contributed by atoms with Gasteiger partial charge in [-0.3, -0.25) is 4.79 Å². The Hall–Kier alpha value is -2.17. The summed E-state index contributed by atoms with van der Waals surface area (Å²) in [7, 11) is -6.48. The Balaban J connectivity index is 2.46. The highest BCUT2D eigenvalue weighted by Gasteiger charge is 2.37. The zero-order chi connectivity index (χ0) is 31.7. The average Bonchev–Trinajstić information content (AvgIpc) is 3.23. The molecule has 0 atom stereocenters. The third kappa shape index (κ3) is 8.23. The molecule has 0 bridgehead atoms. The summed E-state index contributed by atoms with van der Waals surface area (Å²) in [6.07, 6.45) is -0.205. The van der Waals surface area contributed by atoms with Crippen LogP contribution < -0.4 is 4.72 Å². The Morgan fingerprint density at radius 3 is 2.24 bits per heavy atom. The molecule has 0 aliphatic heterocycles. The summed E-state index contributed by atoms with van der Waals surface area (Å²) in [5.74, 6) is -2.01. The fourth-order valence-electron chi connectivity index (χ4n) is 4.11. The summed E-state index contributed by atoms with van der Waals surface area (Å²) < 4.78 is 50.5. The van der Waals surface area contributed by atoms with E-state index in [4.69, 9.17) is 4.43 Å². The number of sulfonamides is 1. The number of benzene rings is 1. The lowest BCUT2D eigenvalue weighted by Crippen LogP contribution is -2.41. The minimum atomic E-state index is -4.38. The van der Waals surface area contributed by atoms with E-state index in [1.807, 2.05) is 19.9 Å². The van der Waals surface area contributed by atoms with Crippen LogP contribution in [0.3, 0.4) is 0 Å². The van der Waals surface area contributed by atoms with Crippen molar-refractivity contribution < 1.29 is 27.1 Å². The lowest BCUT2D eigenvalue weighted by atomic mass is 9.85. The zero-order valence-corrected chi connectivity index (χ0v) is 28.7. The van der Waals surface area contributed by atoms with Gasteiger partial charge >= 0.3 is 0 Å². The van der Waals surface area contributed by atoms with Gasteiger partial charge < -0.3 is 9.53 Å². The molecule has 0 saturated carbocycles. The highest BCUT2D eigenvalue weighted by molar-refractivity contribution is 7.92. The number of nitriles is 1. The number of hydrogen-bond acceptors (Lipinski definition) is 8. The van der Waals surface area contributed by atoms with Gasteiger partial charge in [0.2, 0.25) is 5.91 Å². The van der Waals surface area contributed by atoms with Crippen LogP contribution >= 0.6 is 11.3 Å². The number of nitrogens with zero attached hydrogens (tertiary/aromatic N) is 2. The van der Waals surface area contributed by atoms with E-state index in [-0.39, 0.29) is 62.4 Å². The number of halogens is 1. The molecule has 41 heavy (non-hydrogen) atoms. The van der Waals surface area contributed by atoms with Crippen LogP contribution in [0.1, 0.15) is 107 Å². The van der Waals surface area contributed by atoms with Crippen molar-refractivity contribution in [2.45, 2.75) is 115 Å². The molecule has 0 unspecified atom stereocenters. The van der Waals surface area contributed by atoms with Gasteiger partial charge in [-0.1, -0.05) is 48.5 Å². The number of hydrogen-bond donors (Lipinski definition) is 2. The second-order valence-electron chi connectivity index (χ2n) is 13.0. The fraction of sp³-hybridized carbons (Fsp3) is 0.621. The highest BCUT2D eigenvalue weighted by Crippen LogP contribution is 2.37. The van der Waals surface area contributed by atoms with E-state index in [1.54, 1.807) is 13.8 Å². The molecule has 8 nitrogen and oxygen atoms in total. The van der Waals surface area contributed by atoms with Gasteiger partial charge in [0.25, 0.3) is 10.0 Å². The van der Waals surface area contributed by atoms with Crippen LogP contribution in [0.5, 0.6) is 0 Å². The van der Waals surface area contributed by atoms with Crippen LogP contribution in [0.25, 0.3) is 0 Å². The maximum absolute atomic E-state index is 15.2. The van der Waals surface area contributed by atoms with Crippen molar-refractivity contribution in [3.05, 3.63) is 44.8 Å². The van der Waals surface area contributed by atoms with Gasteiger partial charge in [-0.2, -0.15) is 5.26 Å². The summed E-state index contributed by atoms with van der Waals surface area (Å²) >= 11 is 0.805. The van der Waals surface area contributed by atoms with Gasteiger partial charge in [-0.15, -0.1) is 11.3 Å². The van der Waals surface area contributed by atoms with Gasteiger partial charge in [0.05, 0.1) is 17.7 Å². The molecule has 0 aliphatic rings. The number of thiazole rings is 1. The summed E-state index contributed by atoms with van der Waals surface area (Å²) in [6, 6.07) is 3.31. The molecule has 0 spiro atoms. The van der Waals surface area contributed by atoms with Crippen LogP contribution in [-0.4, -0.2) is 39.3 Å². The molecule has 0 fully saturated rings. The van der Waals surface area contributed by atoms with Crippen LogP contribution in [0.2, 0.25) is 18.1 Å². The Labute approximate surface area is 249 Å². The van der Waals surface area contributed by atoms with Crippen molar-refractivity contribution in [3.8, 4) is 6.07 Å². The topological polar surface area (TPSA) is 129 Å². The van der Waals surface area contributed by atoms with E-state index in [0.717, 1.165) is 11.3 Å². The fourth-order valence-corrected chi connectivity index (χ4v) is 7.73. The monoisotopic (exact) mass is 625 g/mol. The molecule has 0 aliphatic carbocycles. The van der Waals surface area contributed by atoms with Crippen LogP contribution in [-0.2, 0) is 37.7 Å². The highest BCUT2D eigenvalue weighted by atomic mass is 32.2. The first-order valence-electron chi connectivity index (χ1n) is 13.7. The van der Waals surface area contributed by atoms with Gasteiger partial charge in [0.1, 0.15) is 22.5 Å². The maximum Gasteiger partial charge on any atom is 0.275 e. The van der Waals surface area contributed by atoms with Crippen molar-refractivity contribution in [1.82, 2.24) is 9.71 Å². The number of carbonyl (C=O) groups is 1. The van der Waals surface area contributed by atoms with Crippen molar-refractivity contribution in [1.29, 1.82) is 5.26 Å². The largest absolute Gasteiger partial charge is 0.416 e. The standard InChI is InChI=1S/C29H44FN3O5S2Si/c1-17(2)20-14-19(16-31)25(30)24(18(3)4)21(20)15-23(34)33-40(36,37)26-22(32-27(39-26)29(8,9)35)12-13-38-41(10,11)28(5,6)7/h14,17-18,35H,12-13,15H2,1-11H3,(H,33,34). The minimum absolute atomic E-state index is 0.0369. The molecule has 1 heterocycles. The third-order valence-electron chi connectivity index (χ3n) is 7.39. The van der Waals surface area contributed by atoms with Crippen molar-refractivity contribution in [2.24, 2.45) is 0 Å². The van der Waals surface area contributed by atoms with E-state index in [2.05, 4.69) is 43.6 Å². The molecule has 1 amide bonds. The van der Waals surface area contributed by atoms with Crippen molar-refractivity contribution in [3.63, 3.8) is 0 Å². The van der Waals surface area contributed by atoms with Gasteiger partial charge in [0, 0.05) is 13.0 Å². The molecule has 2 N–H and O–H groups in total. The molecule has 1 aromatic carbocycles. The summed E-state index contributed by atoms with van der Waals surface area (Å²) in [5.41, 5.74) is -0.0707. The maximum atomic E-state index is 15.2. The second kappa shape index (κ2) is 12.6. The first-order valence-corrected chi connectivity index (χ1v) is 18.9.